The number of aliphatic hydroxyl groups is 2. The van der Waals surface area contributed by atoms with Gasteiger partial charge in [0, 0.05) is 94.9 Å². The number of benzene rings is 6. The normalized spacial score (nSPS) is 12.8. The van der Waals surface area contributed by atoms with Gasteiger partial charge in [0.1, 0.15) is 41.0 Å². The molecule has 6 N–H and O–H groups in total. The molecular weight excluding hydrogens is 1540 g/mol. The number of ether oxygens (including phenoxy) is 5. The zero-order chi connectivity index (χ0) is 76.0. The molecule has 3 heterocycles. The lowest BCUT2D eigenvalue weighted by Crippen LogP contribution is -2.45. The quantitative estimate of drug-likeness (QED) is 0.0300. The van der Waals surface area contributed by atoms with Gasteiger partial charge in [0.05, 0.1) is 101 Å². The van der Waals surface area contributed by atoms with Crippen molar-refractivity contribution in [3.8, 4) is 40.6 Å². The molecule has 2 aliphatic rings. The molecule has 6 aromatic carbocycles. The van der Waals surface area contributed by atoms with Crippen molar-refractivity contribution in [3.05, 3.63) is 212 Å². The number of rotatable bonds is 16. The molecule has 556 valence electrons. The Hall–Kier alpha value is -6.73. The number of aliphatic hydroxyl groups excluding tert-OH is 2. The number of phenolic OH excluding ortho intramolecular Hbond substituents is 1. The summed E-state index contributed by atoms with van der Waals surface area (Å²) < 4.78 is 65.2. The zero-order valence-corrected chi connectivity index (χ0v) is 64.4. The van der Waals surface area contributed by atoms with Gasteiger partial charge in [-0.3, -0.25) is 9.48 Å². The number of nitrogens with zero attached hydrogens (tertiary/aromatic N) is 6. The summed E-state index contributed by atoms with van der Waals surface area (Å²) in [6.45, 7) is 22.2. The second-order valence-corrected chi connectivity index (χ2v) is 24.8. The van der Waals surface area contributed by atoms with Crippen LogP contribution in [0, 0.1) is 38.3 Å². The molecule has 0 atom stereocenters. The van der Waals surface area contributed by atoms with Crippen LogP contribution in [0.15, 0.2) is 109 Å². The largest absolute Gasteiger partial charge is 0.506 e. The summed E-state index contributed by atoms with van der Waals surface area (Å²) in [5.74, 6) is 2.79. The maximum Gasteiger partial charge on any atom is 0.436 e. The van der Waals surface area contributed by atoms with Crippen LogP contribution in [0.2, 0.25) is 35.2 Å². The van der Waals surface area contributed by atoms with Crippen molar-refractivity contribution in [2.24, 2.45) is 0 Å². The predicted molar refractivity (Wildman–Crippen MR) is 401 cm³/mol. The van der Waals surface area contributed by atoms with E-state index < -0.39 is 33.9 Å². The molecule has 102 heavy (non-hydrogen) atoms. The lowest BCUT2D eigenvalue weighted by atomic mass is 9.81. The van der Waals surface area contributed by atoms with Crippen LogP contribution in [0.4, 0.5) is 13.2 Å². The van der Waals surface area contributed by atoms with Gasteiger partial charge in [0.25, 0.3) is 11.1 Å². The molecule has 0 radical (unpaired) electrons. The highest BCUT2D eigenvalue weighted by Crippen LogP contribution is 2.42. The Labute approximate surface area is 644 Å². The highest BCUT2D eigenvalue weighted by atomic mass is 35.5. The zero-order valence-electron chi connectivity index (χ0n) is 56.8. The maximum absolute atomic E-state index is 13.0. The minimum absolute atomic E-state index is 0. The van der Waals surface area contributed by atoms with E-state index in [2.05, 4.69) is 31.5 Å². The first-order valence-corrected chi connectivity index (χ1v) is 33.9. The Morgan fingerprint density at radius 1 is 0.647 bits per heavy atom. The van der Waals surface area contributed by atoms with Gasteiger partial charge in [0.15, 0.2) is 5.69 Å². The summed E-state index contributed by atoms with van der Waals surface area (Å²) in [5, 5.41) is 54.0. The van der Waals surface area contributed by atoms with E-state index in [-0.39, 0.29) is 61.6 Å². The van der Waals surface area contributed by atoms with Crippen molar-refractivity contribution in [1.29, 1.82) is 5.26 Å². The van der Waals surface area contributed by atoms with Gasteiger partial charge < -0.3 is 69.3 Å². The molecule has 0 unspecified atom stereocenters. The highest BCUT2D eigenvalue weighted by molar-refractivity contribution is 6.34. The van der Waals surface area contributed by atoms with Crippen LogP contribution >= 0.6 is 117 Å². The number of likely N-dealkylation sites (tertiary alicyclic amines) is 1. The molecule has 32 heteroatoms. The number of hydrogen-bond donors (Lipinski definition) is 6. The van der Waals surface area contributed by atoms with E-state index in [1.165, 1.54) is 44.2 Å². The second-order valence-electron chi connectivity index (χ2n) is 21.2. The summed E-state index contributed by atoms with van der Waals surface area (Å²) in [6.07, 6.45) is -1.90. The Morgan fingerprint density at radius 3 is 1.45 bits per heavy atom. The summed E-state index contributed by atoms with van der Waals surface area (Å²) in [5.41, 5.74) is 2.27. The van der Waals surface area contributed by atoms with E-state index in [0.29, 0.717) is 89.9 Å². The summed E-state index contributed by atoms with van der Waals surface area (Å²) in [4.78, 5) is 32.4. The number of halogens is 13. The SMILES string of the molecule is CO.COc1cc(C(=O)O)ccc1Cl.COc1cc(CC#N)ccc1Cl.COc1cc(CO)ccc1Cl.Cc1ccc(Cl)c(O)c1.Cl.ClCCNCCCl.[C-]#[N+]C1(c2ccc(Cl)c(OC)c2)CCN(C(=O)Cn2nc(C(F)(F)F)c(Cl)c2C)CC1.[C-]#[N+]C1(c2ccc(Cl)c(OC)c2)CCNCC1. The van der Waals surface area contributed by atoms with E-state index in [4.69, 9.17) is 167 Å². The molecular formula is C70H79Cl10F3N8O11. The third kappa shape index (κ3) is 29.4. The molecule has 0 bridgehead atoms. The fourth-order valence-corrected chi connectivity index (χ4v) is 10.9. The number of carbonyl (C=O) groups excluding carboxylic acids is 1. The minimum atomic E-state index is -4.70. The standard InChI is InChI=1S/C20H19Cl2F3N4O2.C13H15ClN2O.C9H8ClNO.C8H7ClO3.C8H9ClO2.C7H7ClO.C4H9Cl2N.CH4O.ClH/c1-12-17(22)18(20(23,24)25)27-29(12)11-16(30)28-8-6-19(26-2,7-9-28)13-4-5-14(21)15(10-13)31-3;1-15-13(5-7-16-8-6-13)10-3-4-11(14)12(9-10)17-2;1-12-9-6-7(4-5-11)2-3-8(9)10;1-12-7-4-5(8(10)11)2-3-6(7)9;1-11-8-4-6(5-10)2-3-7(8)9;1-5-2-3-6(8)7(9)4-5;5-1-3-7-4-2-6;1-2;/h4-5,10H,6-9,11H2,1,3H3;3-4,9,16H,5-8H2,2H3;2-3,6H,4H2,1H3;2-4H,1H3,(H,10,11);2-4,10H,5H2,1H3;2-4,9H,1H3;7H,1-4H2;2H,1H3;1H. The van der Waals surface area contributed by atoms with Gasteiger partial charge in [-0.15, -0.1) is 35.6 Å². The minimum Gasteiger partial charge on any atom is -0.506 e. The highest BCUT2D eigenvalue weighted by Gasteiger charge is 2.45. The Bertz CT molecular complexity index is 3880. The van der Waals surface area contributed by atoms with Crippen molar-refractivity contribution in [3.63, 3.8) is 0 Å². The average molecular weight is 1620 g/mol. The molecule has 1 amide bonds. The van der Waals surface area contributed by atoms with Crippen LogP contribution in [0.1, 0.15) is 75.2 Å². The molecule has 19 nitrogen and oxygen atoms in total. The number of carbonyl (C=O) groups is 2. The molecule has 9 rings (SSSR count). The molecule has 0 spiro atoms. The lowest BCUT2D eigenvalue weighted by molar-refractivity contribution is -0.142. The number of phenols is 1. The number of nitriles is 1. The number of carboxylic acids is 1. The molecule has 7 aromatic rings. The Balaban J connectivity index is 0.000000629. The van der Waals surface area contributed by atoms with E-state index in [1.54, 1.807) is 82.0 Å². The van der Waals surface area contributed by atoms with Crippen LogP contribution in [0.25, 0.3) is 9.69 Å². The number of aromatic nitrogens is 2. The number of nitrogens with one attached hydrogen (secondary N) is 2. The molecule has 1 aromatic heterocycles. The summed E-state index contributed by atoms with van der Waals surface area (Å²) in [7, 11) is 8.62. The van der Waals surface area contributed by atoms with Gasteiger partial charge in [-0.2, -0.15) is 23.5 Å². The third-order valence-electron chi connectivity index (χ3n) is 14.8. The van der Waals surface area contributed by atoms with E-state index in [0.717, 1.165) is 78.6 Å². The number of hydrogen-bond acceptors (Lipinski definition) is 14. The topological polar surface area (TPSA) is 239 Å². The number of aromatic hydroxyl groups is 1. The number of alkyl halides is 5. The fourth-order valence-electron chi connectivity index (χ4n) is 9.26. The Morgan fingerprint density at radius 2 is 1.06 bits per heavy atom. The number of carboxylic acid groups (broad SMARTS) is 1. The maximum atomic E-state index is 13.0. The summed E-state index contributed by atoms with van der Waals surface area (Å²) in [6, 6.07) is 32.8. The van der Waals surface area contributed by atoms with Crippen molar-refractivity contribution >= 4 is 129 Å². The van der Waals surface area contributed by atoms with Crippen LogP contribution < -0.4 is 34.3 Å². The third-order valence-corrected chi connectivity index (χ3v) is 17.5. The van der Waals surface area contributed by atoms with Gasteiger partial charge in [-0.05, 0) is 122 Å². The first-order chi connectivity index (χ1) is 48.0. The molecule has 0 aliphatic carbocycles. The predicted octanol–water partition coefficient (Wildman–Crippen LogP) is 17.5. The number of aryl methyl sites for hydroxylation is 1. The van der Waals surface area contributed by atoms with Crippen LogP contribution in [0.3, 0.4) is 0 Å². The second kappa shape index (κ2) is 48.3. The first-order valence-electron chi connectivity index (χ1n) is 30.2. The number of aromatic carboxylic acids is 1. The van der Waals surface area contributed by atoms with Crippen LogP contribution in [-0.4, -0.2) is 141 Å². The van der Waals surface area contributed by atoms with Gasteiger partial charge >= 0.3 is 12.1 Å². The number of amides is 1. The first kappa shape index (κ1) is 93.3. The van der Waals surface area contributed by atoms with Crippen LogP contribution in [0.5, 0.6) is 34.5 Å². The smallest absolute Gasteiger partial charge is 0.436 e. The van der Waals surface area contributed by atoms with Crippen molar-refractivity contribution in [2.75, 3.05) is 93.7 Å². The molecule has 2 aliphatic heterocycles. The fraction of sp³-hybridized carbons (Fsp3) is 0.371. The molecule has 2 fully saturated rings. The average Bonchev–Trinajstić information content (AvgIpc) is 1.40. The van der Waals surface area contributed by atoms with E-state index >= 15 is 0 Å². The van der Waals surface area contributed by atoms with Crippen LogP contribution in [-0.2, 0) is 41.6 Å². The lowest BCUT2D eigenvalue weighted by Gasteiger charge is -2.34. The number of methoxy groups -OCH3 is 5. The molecule has 2 saturated heterocycles. The van der Waals surface area contributed by atoms with Gasteiger partial charge in [-0.1, -0.05) is 99.4 Å². The van der Waals surface area contributed by atoms with Crippen molar-refractivity contribution in [2.45, 2.75) is 76.4 Å². The monoisotopic (exact) mass is 1610 g/mol. The van der Waals surface area contributed by atoms with Gasteiger partial charge in [0.2, 0.25) is 5.91 Å². The van der Waals surface area contributed by atoms with Crippen molar-refractivity contribution in [1.82, 2.24) is 25.3 Å². The number of piperidine rings is 2. The van der Waals surface area contributed by atoms with Gasteiger partial charge in [-0.25, -0.2) is 17.9 Å². The van der Waals surface area contributed by atoms with E-state index in [1.807, 2.05) is 37.3 Å². The van der Waals surface area contributed by atoms with Crippen molar-refractivity contribution < 1.29 is 66.9 Å². The summed E-state index contributed by atoms with van der Waals surface area (Å²) >= 11 is 51.2. The Kier molecular flexibility index (Phi) is 44.2. The molecule has 0 saturated carbocycles. The van der Waals surface area contributed by atoms with E-state index in [9.17, 15) is 22.8 Å².